The standard InChI is InChI=1S/C12H20N2O2S/c1-4-6-9-11(12(15)16-3)17-10(14-9)7-8(13)5-2/h8H,4-7,13H2,1-3H3. The lowest BCUT2D eigenvalue weighted by molar-refractivity contribution is 0.0605. The maximum atomic E-state index is 11.6. The topological polar surface area (TPSA) is 65.2 Å². The number of hydrogen-bond donors (Lipinski definition) is 1. The van der Waals surface area contributed by atoms with Gasteiger partial charge in [-0.15, -0.1) is 11.3 Å². The Hall–Kier alpha value is -0.940. The zero-order valence-electron chi connectivity index (χ0n) is 10.7. The molecule has 1 rings (SSSR count). The summed E-state index contributed by atoms with van der Waals surface area (Å²) >= 11 is 1.41. The van der Waals surface area contributed by atoms with E-state index in [0.717, 1.165) is 36.4 Å². The summed E-state index contributed by atoms with van der Waals surface area (Å²) in [6.45, 7) is 4.12. The lowest BCUT2D eigenvalue weighted by Gasteiger charge is -2.04. The number of methoxy groups -OCH3 is 1. The Labute approximate surface area is 106 Å². The van der Waals surface area contributed by atoms with Crippen molar-refractivity contribution in [1.29, 1.82) is 0 Å². The highest BCUT2D eigenvalue weighted by atomic mass is 32.1. The summed E-state index contributed by atoms with van der Waals surface area (Å²) in [5.41, 5.74) is 6.75. The van der Waals surface area contributed by atoms with Crippen LogP contribution in [0.25, 0.3) is 0 Å². The van der Waals surface area contributed by atoms with Crippen LogP contribution in [-0.4, -0.2) is 24.1 Å². The molecule has 2 N–H and O–H groups in total. The minimum absolute atomic E-state index is 0.112. The maximum absolute atomic E-state index is 11.6. The second-order valence-electron chi connectivity index (χ2n) is 4.00. The van der Waals surface area contributed by atoms with Crippen LogP contribution < -0.4 is 5.73 Å². The van der Waals surface area contributed by atoms with Gasteiger partial charge in [0, 0.05) is 12.5 Å². The first-order valence-corrected chi connectivity index (χ1v) is 6.76. The first-order valence-electron chi connectivity index (χ1n) is 5.94. The normalized spacial score (nSPS) is 12.5. The predicted octanol–water partition coefficient (Wildman–Crippen LogP) is 2.16. The van der Waals surface area contributed by atoms with Gasteiger partial charge in [-0.25, -0.2) is 9.78 Å². The molecule has 17 heavy (non-hydrogen) atoms. The number of carbonyl (C=O) groups is 1. The van der Waals surface area contributed by atoms with Gasteiger partial charge in [-0.3, -0.25) is 0 Å². The average molecular weight is 256 g/mol. The summed E-state index contributed by atoms with van der Waals surface area (Å²) in [6, 6.07) is 0.112. The van der Waals surface area contributed by atoms with Crippen molar-refractivity contribution in [2.24, 2.45) is 5.73 Å². The number of nitrogens with two attached hydrogens (primary N) is 1. The Morgan fingerprint density at radius 2 is 2.24 bits per heavy atom. The Balaban J connectivity index is 2.91. The van der Waals surface area contributed by atoms with Crippen LogP contribution in [0, 0.1) is 0 Å². The van der Waals surface area contributed by atoms with Gasteiger partial charge in [0.15, 0.2) is 0 Å². The summed E-state index contributed by atoms with van der Waals surface area (Å²) < 4.78 is 4.77. The highest BCUT2D eigenvalue weighted by molar-refractivity contribution is 7.13. The van der Waals surface area contributed by atoms with Crippen molar-refractivity contribution in [2.75, 3.05) is 7.11 Å². The molecule has 0 saturated carbocycles. The van der Waals surface area contributed by atoms with Gasteiger partial charge >= 0.3 is 5.97 Å². The molecule has 1 aromatic rings. The smallest absolute Gasteiger partial charge is 0.349 e. The first kappa shape index (κ1) is 14.1. The van der Waals surface area contributed by atoms with Crippen molar-refractivity contribution in [1.82, 2.24) is 4.98 Å². The Kier molecular flexibility index (Phi) is 5.58. The maximum Gasteiger partial charge on any atom is 0.349 e. The van der Waals surface area contributed by atoms with Crippen LogP contribution in [0.5, 0.6) is 0 Å². The van der Waals surface area contributed by atoms with Crippen LogP contribution in [0.15, 0.2) is 0 Å². The van der Waals surface area contributed by atoms with Gasteiger partial charge in [-0.2, -0.15) is 0 Å². The van der Waals surface area contributed by atoms with Crippen LogP contribution in [0.1, 0.15) is 47.1 Å². The molecule has 0 aromatic carbocycles. The number of aryl methyl sites for hydroxylation is 1. The Bertz CT molecular complexity index is 377. The summed E-state index contributed by atoms with van der Waals surface area (Å²) in [4.78, 5) is 16.7. The molecule has 1 atom stereocenters. The van der Waals surface area contributed by atoms with Crippen LogP contribution >= 0.6 is 11.3 Å². The fourth-order valence-corrected chi connectivity index (χ4v) is 2.64. The predicted molar refractivity (Wildman–Crippen MR) is 69.4 cm³/mol. The van der Waals surface area contributed by atoms with Gasteiger partial charge in [-0.1, -0.05) is 20.3 Å². The number of rotatable bonds is 6. The van der Waals surface area contributed by atoms with E-state index in [4.69, 9.17) is 10.5 Å². The number of nitrogens with zero attached hydrogens (tertiary/aromatic N) is 1. The number of aromatic nitrogens is 1. The number of hydrogen-bond acceptors (Lipinski definition) is 5. The van der Waals surface area contributed by atoms with Gasteiger partial charge < -0.3 is 10.5 Å². The number of thiazole rings is 1. The van der Waals surface area contributed by atoms with E-state index in [1.54, 1.807) is 0 Å². The molecule has 0 spiro atoms. The third-order valence-corrected chi connectivity index (χ3v) is 3.66. The minimum atomic E-state index is -0.290. The van der Waals surface area contributed by atoms with E-state index in [1.165, 1.54) is 18.4 Å². The first-order chi connectivity index (χ1) is 8.12. The fraction of sp³-hybridized carbons (Fsp3) is 0.667. The van der Waals surface area contributed by atoms with Gasteiger partial charge in [0.05, 0.1) is 17.8 Å². The third-order valence-electron chi connectivity index (χ3n) is 2.56. The van der Waals surface area contributed by atoms with Crippen molar-refractivity contribution in [3.63, 3.8) is 0 Å². The summed E-state index contributed by atoms with van der Waals surface area (Å²) in [7, 11) is 1.40. The highest BCUT2D eigenvalue weighted by Crippen LogP contribution is 2.22. The quantitative estimate of drug-likeness (QED) is 0.792. The van der Waals surface area contributed by atoms with Gasteiger partial charge in [0.2, 0.25) is 0 Å². The molecule has 0 saturated heterocycles. The van der Waals surface area contributed by atoms with Crippen molar-refractivity contribution >= 4 is 17.3 Å². The zero-order valence-corrected chi connectivity index (χ0v) is 11.5. The van der Waals surface area contributed by atoms with Crippen LogP contribution in [-0.2, 0) is 17.6 Å². The van der Waals surface area contributed by atoms with Crippen molar-refractivity contribution in [3.05, 3.63) is 15.6 Å². The second-order valence-corrected chi connectivity index (χ2v) is 5.08. The van der Waals surface area contributed by atoms with Gasteiger partial charge in [0.1, 0.15) is 4.88 Å². The van der Waals surface area contributed by atoms with Crippen molar-refractivity contribution < 1.29 is 9.53 Å². The third kappa shape index (κ3) is 3.78. The van der Waals surface area contributed by atoms with E-state index in [0.29, 0.717) is 4.88 Å². The van der Waals surface area contributed by atoms with E-state index in [-0.39, 0.29) is 12.0 Å². The largest absolute Gasteiger partial charge is 0.465 e. The minimum Gasteiger partial charge on any atom is -0.465 e. The number of ether oxygens (including phenoxy) is 1. The molecule has 5 heteroatoms. The molecule has 1 heterocycles. The highest BCUT2D eigenvalue weighted by Gasteiger charge is 2.18. The number of esters is 1. The SMILES string of the molecule is CCCc1nc(CC(N)CC)sc1C(=O)OC. The lowest BCUT2D eigenvalue weighted by atomic mass is 10.2. The molecular weight excluding hydrogens is 236 g/mol. The van der Waals surface area contributed by atoms with Crippen LogP contribution in [0.3, 0.4) is 0 Å². The molecule has 1 unspecified atom stereocenters. The molecular formula is C12H20N2O2S. The molecule has 0 amide bonds. The number of carbonyl (C=O) groups excluding carboxylic acids is 1. The molecule has 4 nitrogen and oxygen atoms in total. The molecule has 0 radical (unpaired) electrons. The molecule has 0 fully saturated rings. The van der Waals surface area contributed by atoms with E-state index in [1.807, 2.05) is 6.92 Å². The molecule has 0 aliphatic rings. The van der Waals surface area contributed by atoms with Crippen molar-refractivity contribution in [3.8, 4) is 0 Å². The van der Waals surface area contributed by atoms with E-state index in [9.17, 15) is 4.79 Å². The van der Waals surface area contributed by atoms with Gasteiger partial charge in [-0.05, 0) is 12.8 Å². The summed E-state index contributed by atoms with van der Waals surface area (Å²) in [6.07, 6.45) is 3.42. The van der Waals surface area contributed by atoms with E-state index >= 15 is 0 Å². The fourth-order valence-electron chi connectivity index (χ4n) is 1.52. The summed E-state index contributed by atoms with van der Waals surface area (Å²) in [5.74, 6) is -0.290. The molecule has 0 bridgehead atoms. The Morgan fingerprint density at radius 3 is 2.76 bits per heavy atom. The zero-order chi connectivity index (χ0) is 12.8. The lowest BCUT2D eigenvalue weighted by Crippen LogP contribution is -2.21. The molecule has 96 valence electrons. The van der Waals surface area contributed by atoms with Crippen LogP contribution in [0.2, 0.25) is 0 Å². The van der Waals surface area contributed by atoms with E-state index in [2.05, 4.69) is 11.9 Å². The van der Waals surface area contributed by atoms with Crippen LogP contribution in [0.4, 0.5) is 0 Å². The van der Waals surface area contributed by atoms with Crippen molar-refractivity contribution in [2.45, 2.75) is 45.6 Å². The second kappa shape index (κ2) is 6.71. The monoisotopic (exact) mass is 256 g/mol. The molecule has 0 aliphatic heterocycles. The van der Waals surface area contributed by atoms with E-state index < -0.39 is 0 Å². The average Bonchev–Trinajstić information content (AvgIpc) is 2.71. The Morgan fingerprint density at radius 1 is 1.53 bits per heavy atom. The molecule has 0 aliphatic carbocycles. The molecule has 1 aromatic heterocycles. The summed E-state index contributed by atoms with van der Waals surface area (Å²) in [5, 5.41) is 0.934. The van der Waals surface area contributed by atoms with Gasteiger partial charge in [0.25, 0.3) is 0 Å².